The van der Waals surface area contributed by atoms with Crippen molar-refractivity contribution in [2.75, 3.05) is 26.4 Å². The van der Waals surface area contributed by atoms with Gasteiger partial charge in [-0.3, -0.25) is 19.2 Å². The van der Waals surface area contributed by atoms with Gasteiger partial charge in [0.2, 0.25) is 0 Å². The van der Waals surface area contributed by atoms with E-state index in [1.807, 2.05) is 6.92 Å². The van der Waals surface area contributed by atoms with Crippen molar-refractivity contribution in [2.45, 2.75) is 59.8 Å². The molecule has 0 rings (SSSR count). The predicted molar refractivity (Wildman–Crippen MR) is 96.6 cm³/mol. The molecule has 156 valence electrons. The van der Waals surface area contributed by atoms with Crippen molar-refractivity contribution in [3.8, 4) is 0 Å². The third-order valence-electron chi connectivity index (χ3n) is 3.41. The SMILES string of the molecule is CCCOC(=O)CC(C(=O)OCCC)C(C(=O)OCCC)C(=O)OCCC. The lowest BCUT2D eigenvalue weighted by molar-refractivity contribution is -0.173. The zero-order chi connectivity index (χ0) is 20.7. The van der Waals surface area contributed by atoms with Gasteiger partial charge in [-0.1, -0.05) is 27.7 Å². The molecular weight excluding hydrogens is 356 g/mol. The first kappa shape index (κ1) is 24.9. The van der Waals surface area contributed by atoms with Crippen LogP contribution in [0.3, 0.4) is 0 Å². The lowest BCUT2D eigenvalue weighted by Gasteiger charge is -2.22. The van der Waals surface area contributed by atoms with Crippen LogP contribution in [0.15, 0.2) is 0 Å². The number of carbonyl (C=O) groups is 4. The topological polar surface area (TPSA) is 105 Å². The zero-order valence-electron chi connectivity index (χ0n) is 16.8. The highest BCUT2D eigenvalue weighted by atomic mass is 16.6. The first-order chi connectivity index (χ1) is 12.9. The summed E-state index contributed by atoms with van der Waals surface area (Å²) in [4.78, 5) is 49.4. The minimum Gasteiger partial charge on any atom is -0.466 e. The maximum Gasteiger partial charge on any atom is 0.321 e. The largest absolute Gasteiger partial charge is 0.466 e. The van der Waals surface area contributed by atoms with Gasteiger partial charge in [-0.05, 0) is 25.7 Å². The molecule has 0 aliphatic rings. The third kappa shape index (κ3) is 9.96. The molecule has 0 aliphatic carbocycles. The number of esters is 4. The Bertz CT molecular complexity index is 454. The van der Waals surface area contributed by atoms with Gasteiger partial charge >= 0.3 is 23.9 Å². The lowest BCUT2D eigenvalue weighted by Crippen LogP contribution is -2.40. The van der Waals surface area contributed by atoms with Gasteiger partial charge < -0.3 is 18.9 Å². The summed E-state index contributed by atoms with van der Waals surface area (Å²) in [5.41, 5.74) is 0. The van der Waals surface area contributed by atoms with Crippen LogP contribution in [-0.2, 0) is 38.1 Å². The van der Waals surface area contributed by atoms with Gasteiger partial charge in [0.1, 0.15) is 0 Å². The molecule has 8 nitrogen and oxygen atoms in total. The van der Waals surface area contributed by atoms with E-state index in [4.69, 9.17) is 18.9 Å². The highest BCUT2D eigenvalue weighted by Crippen LogP contribution is 2.23. The molecule has 8 heteroatoms. The second kappa shape index (κ2) is 15.0. The van der Waals surface area contributed by atoms with Crippen molar-refractivity contribution in [2.24, 2.45) is 11.8 Å². The monoisotopic (exact) mass is 388 g/mol. The molecule has 0 spiro atoms. The van der Waals surface area contributed by atoms with Crippen molar-refractivity contribution in [1.82, 2.24) is 0 Å². The van der Waals surface area contributed by atoms with E-state index in [2.05, 4.69) is 0 Å². The second-order valence-corrected chi connectivity index (χ2v) is 6.01. The average Bonchev–Trinajstić information content (AvgIpc) is 2.66. The van der Waals surface area contributed by atoms with Crippen molar-refractivity contribution in [3.63, 3.8) is 0 Å². The number of carbonyl (C=O) groups excluding carboxylic acids is 4. The maximum atomic E-state index is 12.5. The molecule has 0 heterocycles. The fourth-order valence-corrected chi connectivity index (χ4v) is 2.11. The number of ether oxygens (including phenoxy) is 4. The summed E-state index contributed by atoms with van der Waals surface area (Å²) >= 11 is 0. The average molecular weight is 388 g/mol. The molecule has 0 bridgehead atoms. The van der Waals surface area contributed by atoms with Crippen molar-refractivity contribution in [1.29, 1.82) is 0 Å². The summed E-state index contributed by atoms with van der Waals surface area (Å²) in [6.45, 7) is 7.70. The standard InChI is InChI=1S/C19H32O8/c1-5-9-24-15(20)13-14(17(21)25-10-6-2)16(18(22)26-11-7-3)19(23)27-12-8-4/h14,16H,5-13H2,1-4H3. The highest BCUT2D eigenvalue weighted by Gasteiger charge is 2.44. The molecule has 0 aromatic rings. The fraction of sp³-hybridized carbons (Fsp3) is 0.789. The molecule has 0 amide bonds. The second-order valence-electron chi connectivity index (χ2n) is 6.01. The van der Waals surface area contributed by atoms with Gasteiger partial charge in [-0.15, -0.1) is 0 Å². The molecular formula is C19H32O8. The van der Waals surface area contributed by atoms with Crippen LogP contribution in [0.2, 0.25) is 0 Å². The Balaban J connectivity index is 5.54. The van der Waals surface area contributed by atoms with Crippen LogP contribution >= 0.6 is 0 Å². The van der Waals surface area contributed by atoms with Crippen LogP contribution < -0.4 is 0 Å². The van der Waals surface area contributed by atoms with E-state index < -0.39 is 42.1 Å². The van der Waals surface area contributed by atoms with Crippen LogP contribution in [0.1, 0.15) is 59.8 Å². The van der Waals surface area contributed by atoms with Gasteiger partial charge in [0.25, 0.3) is 0 Å². The summed E-state index contributed by atoms with van der Waals surface area (Å²) in [5.74, 6) is -6.24. The normalized spacial score (nSPS) is 11.6. The maximum absolute atomic E-state index is 12.5. The van der Waals surface area contributed by atoms with Crippen LogP contribution in [-0.4, -0.2) is 50.3 Å². The Morgan fingerprint density at radius 3 is 1.37 bits per heavy atom. The fourth-order valence-electron chi connectivity index (χ4n) is 2.11. The Kier molecular flexibility index (Phi) is 13.8. The van der Waals surface area contributed by atoms with E-state index in [0.717, 1.165) is 0 Å². The number of rotatable bonds is 14. The molecule has 1 unspecified atom stereocenters. The molecule has 0 saturated heterocycles. The van der Waals surface area contributed by atoms with Gasteiger partial charge in [0.05, 0.1) is 38.8 Å². The molecule has 0 aliphatic heterocycles. The zero-order valence-corrected chi connectivity index (χ0v) is 16.8. The van der Waals surface area contributed by atoms with Gasteiger partial charge in [0.15, 0.2) is 5.92 Å². The van der Waals surface area contributed by atoms with Crippen LogP contribution in [0.25, 0.3) is 0 Å². The number of hydrogen-bond acceptors (Lipinski definition) is 8. The molecule has 0 aromatic carbocycles. The first-order valence-electron chi connectivity index (χ1n) is 9.58. The Morgan fingerprint density at radius 1 is 0.593 bits per heavy atom. The van der Waals surface area contributed by atoms with Crippen molar-refractivity contribution in [3.05, 3.63) is 0 Å². The summed E-state index contributed by atoms with van der Waals surface area (Å²) in [6.07, 6.45) is 1.80. The minimum atomic E-state index is -1.57. The smallest absolute Gasteiger partial charge is 0.321 e. The van der Waals surface area contributed by atoms with E-state index in [9.17, 15) is 19.2 Å². The molecule has 0 N–H and O–H groups in total. The van der Waals surface area contributed by atoms with E-state index in [1.54, 1.807) is 20.8 Å². The Labute approximate surface area is 160 Å². The number of hydrogen-bond donors (Lipinski definition) is 0. The van der Waals surface area contributed by atoms with Crippen LogP contribution in [0.4, 0.5) is 0 Å². The summed E-state index contributed by atoms with van der Waals surface area (Å²) in [7, 11) is 0. The predicted octanol–water partition coefficient (Wildman–Crippen LogP) is 2.42. The summed E-state index contributed by atoms with van der Waals surface area (Å²) in [5, 5.41) is 0. The van der Waals surface area contributed by atoms with Crippen LogP contribution in [0.5, 0.6) is 0 Å². The third-order valence-corrected chi connectivity index (χ3v) is 3.41. The molecule has 0 aromatic heterocycles. The first-order valence-corrected chi connectivity index (χ1v) is 9.58. The Morgan fingerprint density at radius 2 is 0.963 bits per heavy atom. The molecule has 0 saturated carbocycles. The summed E-state index contributed by atoms with van der Waals surface area (Å²) < 4.78 is 20.2. The molecule has 1 atom stereocenters. The van der Waals surface area contributed by atoms with E-state index in [1.165, 1.54) is 0 Å². The van der Waals surface area contributed by atoms with Crippen LogP contribution in [0, 0.1) is 11.8 Å². The van der Waals surface area contributed by atoms with Gasteiger partial charge in [0, 0.05) is 0 Å². The van der Waals surface area contributed by atoms with Gasteiger partial charge in [-0.25, -0.2) is 0 Å². The van der Waals surface area contributed by atoms with Gasteiger partial charge in [-0.2, -0.15) is 0 Å². The molecule has 27 heavy (non-hydrogen) atoms. The summed E-state index contributed by atoms with van der Waals surface area (Å²) in [6, 6.07) is 0. The lowest BCUT2D eigenvalue weighted by atomic mass is 9.89. The quantitative estimate of drug-likeness (QED) is 0.254. The Hall–Kier alpha value is -2.12. The van der Waals surface area contributed by atoms with E-state index >= 15 is 0 Å². The van der Waals surface area contributed by atoms with E-state index in [0.29, 0.717) is 25.7 Å². The molecule has 0 fully saturated rings. The van der Waals surface area contributed by atoms with E-state index in [-0.39, 0.29) is 26.4 Å². The minimum absolute atomic E-state index is 0.0907. The highest BCUT2D eigenvalue weighted by molar-refractivity contribution is 6.00. The molecule has 0 radical (unpaired) electrons. The van der Waals surface area contributed by atoms with Crippen molar-refractivity contribution < 1.29 is 38.1 Å². The van der Waals surface area contributed by atoms with Crippen molar-refractivity contribution >= 4 is 23.9 Å².